The Kier molecular flexibility index (Phi) is 6.56. The van der Waals surface area contributed by atoms with E-state index in [2.05, 4.69) is 28.4 Å². The monoisotopic (exact) mass is 441 g/mol. The first-order valence-electron chi connectivity index (χ1n) is 11.8. The normalized spacial score (nSPS) is 23.0. The first-order chi connectivity index (χ1) is 15.2. The van der Waals surface area contributed by atoms with Crippen LogP contribution in [0.15, 0.2) is 18.2 Å². The minimum Gasteiger partial charge on any atom is -0.444 e. The van der Waals surface area contributed by atoms with Gasteiger partial charge < -0.3 is 9.64 Å². The second-order valence-corrected chi connectivity index (χ2v) is 10.4. The highest BCUT2D eigenvalue weighted by Crippen LogP contribution is 2.30. The summed E-state index contributed by atoms with van der Waals surface area (Å²) in [4.78, 5) is 40.4. The van der Waals surface area contributed by atoms with Gasteiger partial charge in [-0.3, -0.25) is 19.8 Å². The van der Waals surface area contributed by atoms with Crippen LogP contribution in [0, 0.1) is 5.92 Å². The van der Waals surface area contributed by atoms with Gasteiger partial charge in [-0.2, -0.15) is 0 Å². The van der Waals surface area contributed by atoms with Gasteiger partial charge in [0.25, 0.3) is 0 Å². The number of carbonyl (C=O) groups is 3. The zero-order chi connectivity index (χ0) is 22.9. The topological polar surface area (TPSA) is 79.0 Å². The predicted octanol–water partition coefficient (Wildman–Crippen LogP) is 3.21. The third-order valence-electron chi connectivity index (χ3n) is 6.75. The van der Waals surface area contributed by atoms with Crippen molar-refractivity contribution in [3.63, 3.8) is 0 Å². The molecule has 0 bridgehead atoms. The standard InChI is InChI=1S/C25H35N3O4/c1-25(2,3)32-24(31)28-12-8-17(9-13-28)15-27-11-10-18-4-5-19(14-20(18)16-27)21-6-7-22(29)26-23(21)30/h4-5,14,17,21H,6-13,15-16H2,1-3H3,(H,26,29,30)/t21-/m1/s1. The molecule has 1 aromatic carbocycles. The van der Waals surface area contributed by atoms with Crippen molar-refractivity contribution in [1.29, 1.82) is 0 Å². The third kappa shape index (κ3) is 5.49. The van der Waals surface area contributed by atoms with Crippen molar-refractivity contribution >= 4 is 17.9 Å². The van der Waals surface area contributed by atoms with Gasteiger partial charge in [0.1, 0.15) is 5.60 Å². The molecular formula is C25H35N3O4. The van der Waals surface area contributed by atoms with E-state index in [4.69, 9.17) is 4.74 Å². The number of ether oxygens (including phenoxy) is 1. The highest BCUT2D eigenvalue weighted by atomic mass is 16.6. The third-order valence-corrected chi connectivity index (χ3v) is 6.75. The van der Waals surface area contributed by atoms with Crippen LogP contribution in [0.4, 0.5) is 4.79 Å². The Hall–Kier alpha value is -2.41. The molecule has 4 rings (SSSR count). The SMILES string of the molecule is CC(C)(C)OC(=O)N1CCC(CN2CCc3ccc([C@H]4CCC(=O)NC4=O)cc3C2)CC1. The first kappa shape index (κ1) is 22.8. The molecule has 3 aliphatic rings. The summed E-state index contributed by atoms with van der Waals surface area (Å²) in [6.07, 6.45) is 3.80. The summed E-state index contributed by atoms with van der Waals surface area (Å²) in [5.74, 6) is -0.00201. The van der Waals surface area contributed by atoms with Crippen LogP contribution < -0.4 is 5.32 Å². The van der Waals surface area contributed by atoms with E-state index >= 15 is 0 Å². The highest BCUT2D eigenvalue weighted by Gasteiger charge is 2.30. The molecule has 7 nitrogen and oxygen atoms in total. The van der Waals surface area contributed by atoms with Crippen LogP contribution in [0.2, 0.25) is 0 Å². The van der Waals surface area contributed by atoms with Crippen molar-refractivity contribution < 1.29 is 19.1 Å². The number of nitrogens with zero attached hydrogens (tertiary/aromatic N) is 2. The maximum Gasteiger partial charge on any atom is 0.410 e. The van der Waals surface area contributed by atoms with Gasteiger partial charge >= 0.3 is 6.09 Å². The van der Waals surface area contributed by atoms with Gasteiger partial charge in [-0.25, -0.2) is 4.79 Å². The predicted molar refractivity (Wildman–Crippen MR) is 121 cm³/mol. The van der Waals surface area contributed by atoms with Crippen LogP contribution in [-0.4, -0.2) is 59.5 Å². The molecule has 174 valence electrons. The lowest BCUT2D eigenvalue weighted by Gasteiger charge is -2.37. The Bertz CT molecular complexity index is 884. The van der Waals surface area contributed by atoms with Crippen LogP contribution in [0.1, 0.15) is 69.1 Å². The number of imide groups is 1. The maximum absolute atomic E-state index is 12.3. The van der Waals surface area contributed by atoms with Crippen LogP contribution in [0.3, 0.4) is 0 Å². The molecule has 3 heterocycles. The number of carbonyl (C=O) groups excluding carboxylic acids is 3. The quantitative estimate of drug-likeness (QED) is 0.729. The van der Waals surface area contributed by atoms with E-state index in [9.17, 15) is 14.4 Å². The summed E-state index contributed by atoms with van der Waals surface area (Å²) in [7, 11) is 0. The van der Waals surface area contributed by atoms with Gasteiger partial charge in [0, 0.05) is 39.1 Å². The van der Waals surface area contributed by atoms with E-state index in [0.717, 1.165) is 57.5 Å². The summed E-state index contributed by atoms with van der Waals surface area (Å²) in [5.41, 5.74) is 3.21. The van der Waals surface area contributed by atoms with Crippen LogP contribution in [-0.2, 0) is 27.3 Å². The van der Waals surface area contributed by atoms with Crippen molar-refractivity contribution in [3.8, 4) is 0 Å². The molecule has 0 unspecified atom stereocenters. The average molecular weight is 442 g/mol. The van der Waals surface area contributed by atoms with Crippen LogP contribution in [0.5, 0.6) is 0 Å². The number of fused-ring (bicyclic) bond motifs is 1. The fraction of sp³-hybridized carbons (Fsp3) is 0.640. The van der Waals surface area contributed by atoms with E-state index in [0.29, 0.717) is 18.8 Å². The minimum atomic E-state index is -0.457. The van der Waals surface area contributed by atoms with E-state index in [-0.39, 0.29) is 23.8 Å². The molecule has 1 aromatic rings. The summed E-state index contributed by atoms with van der Waals surface area (Å²) in [6, 6.07) is 6.39. The number of amides is 3. The van der Waals surface area contributed by atoms with E-state index in [1.165, 1.54) is 11.1 Å². The molecule has 3 aliphatic heterocycles. The molecule has 1 atom stereocenters. The van der Waals surface area contributed by atoms with Crippen molar-refractivity contribution in [3.05, 3.63) is 34.9 Å². The largest absolute Gasteiger partial charge is 0.444 e. The lowest BCUT2D eigenvalue weighted by molar-refractivity contribution is -0.134. The molecular weight excluding hydrogens is 406 g/mol. The lowest BCUT2D eigenvalue weighted by atomic mass is 9.87. The molecule has 0 radical (unpaired) electrons. The Labute approximate surface area is 190 Å². The average Bonchev–Trinajstić information content (AvgIpc) is 2.72. The zero-order valence-corrected chi connectivity index (χ0v) is 19.5. The number of hydrogen-bond donors (Lipinski definition) is 1. The summed E-state index contributed by atoms with van der Waals surface area (Å²) < 4.78 is 5.51. The minimum absolute atomic E-state index is 0.173. The van der Waals surface area contributed by atoms with Gasteiger partial charge in [0.2, 0.25) is 11.8 Å². The summed E-state index contributed by atoms with van der Waals surface area (Å²) in [6.45, 7) is 10.2. The fourth-order valence-corrected chi connectivity index (χ4v) is 5.01. The first-order valence-corrected chi connectivity index (χ1v) is 11.8. The molecule has 32 heavy (non-hydrogen) atoms. The lowest BCUT2D eigenvalue weighted by Crippen LogP contribution is -2.44. The Morgan fingerprint density at radius 1 is 1.06 bits per heavy atom. The molecule has 0 aromatic heterocycles. The molecule has 0 saturated carbocycles. The number of nitrogens with one attached hydrogen (secondary N) is 1. The molecule has 2 fully saturated rings. The van der Waals surface area contributed by atoms with Crippen LogP contribution in [0.25, 0.3) is 0 Å². The molecule has 3 amide bonds. The van der Waals surface area contributed by atoms with Crippen molar-refractivity contribution in [2.24, 2.45) is 5.92 Å². The summed E-state index contributed by atoms with van der Waals surface area (Å²) in [5, 5.41) is 2.47. The number of likely N-dealkylation sites (tertiary alicyclic amines) is 1. The second kappa shape index (κ2) is 9.22. The van der Waals surface area contributed by atoms with E-state index in [1.807, 2.05) is 25.7 Å². The molecule has 7 heteroatoms. The van der Waals surface area contributed by atoms with E-state index < -0.39 is 5.60 Å². The van der Waals surface area contributed by atoms with Crippen LogP contribution >= 0.6 is 0 Å². The molecule has 2 saturated heterocycles. The zero-order valence-electron chi connectivity index (χ0n) is 19.5. The van der Waals surface area contributed by atoms with Gasteiger partial charge in [-0.05, 0) is 69.1 Å². The number of piperidine rings is 2. The fourth-order valence-electron chi connectivity index (χ4n) is 5.01. The van der Waals surface area contributed by atoms with Gasteiger partial charge in [0.05, 0.1) is 5.92 Å². The smallest absolute Gasteiger partial charge is 0.410 e. The Balaban J connectivity index is 1.31. The molecule has 0 aliphatic carbocycles. The van der Waals surface area contributed by atoms with Gasteiger partial charge in [-0.1, -0.05) is 18.2 Å². The van der Waals surface area contributed by atoms with Gasteiger partial charge in [0.15, 0.2) is 0 Å². The number of benzene rings is 1. The highest BCUT2D eigenvalue weighted by molar-refractivity contribution is 6.00. The molecule has 0 spiro atoms. The Morgan fingerprint density at radius 2 is 1.81 bits per heavy atom. The maximum atomic E-state index is 12.3. The number of rotatable bonds is 3. The van der Waals surface area contributed by atoms with Crippen molar-refractivity contribution in [1.82, 2.24) is 15.1 Å². The summed E-state index contributed by atoms with van der Waals surface area (Å²) >= 11 is 0. The van der Waals surface area contributed by atoms with E-state index in [1.54, 1.807) is 0 Å². The number of hydrogen-bond acceptors (Lipinski definition) is 5. The van der Waals surface area contributed by atoms with Gasteiger partial charge in [-0.15, -0.1) is 0 Å². The molecule has 1 N–H and O–H groups in total. The van der Waals surface area contributed by atoms with Crippen molar-refractivity contribution in [2.75, 3.05) is 26.2 Å². The second-order valence-electron chi connectivity index (χ2n) is 10.4. The Morgan fingerprint density at radius 3 is 2.50 bits per heavy atom. The van der Waals surface area contributed by atoms with Crippen molar-refractivity contribution in [2.45, 2.75) is 70.9 Å².